The zero-order valence-corrected chi connectivity index (χ0v) is 14.4. The number of H-pyrrole nitrogens is 1. The van der Waals surface area contributed by atoms with Gasteiger partial charge in [-0.3, -0.25) is 4.79 Å². The Kier molecular flexibility index (Phi) is 3.27. The number of aromatic hydroxyl groups is 1. The molecule has 0 spiro atoms. The summed E-state index contributed by atoms with van der Waals surface area (Å²) in [5.74, 6) is -0.420. The van der Waals surface area contributed by atoms with E-state index in [-0.39, 0.29) is 17.4 Å². The fourth-order valence-corrected chi connectivity index (χ4v) is 3.60. The minimum Gasteiger partial charge on any atom is -0.494 e. The molecule has 2 N–H and O–H groups in total. The Morgan fingerprint density at radius 1 is 1.17 bits per heavy atom. The Morgan fingerprint density at radius 3 is 2.74 bits per heavy atom. The van der Waals surface area contributed by atoms with Crippen LogP contribution in [0.2, 0.25) is 10.0 Å². The van der Waals surface area contributed by atoms with Crippen molar-refractivity contribution >= 4 is 67.2 Å². The highest BCUT2D eigenvalue weighted by Gasteiger charge is 2.30. The van der Waals surface area contributed by atoms with Crippen molar-refractivity contribution in [2.45, 2.75) is 0 Å². The standard InChI is InChI=1S/C16H7BrCl2N2O2/c17-6-1-2-11-8(3-6)15(22)14(20-11)12-9-4-7(18)5-10(19)13(9)21-16(12)23/h1-5,21,23H. The SMILES string of the molecule is O=C1C(c2c(O)[nH]c3c(Cl)cc(Cl)cc23)=Nc2ccc(Br)cc21. The van der Waals surface area contributed by atoms with E-state index in [0.29, 0.717) is 37.8 Å². The second kappa shape index (κ2) is 5.09. The highest BCUT2D eigenvalue weighted by atomic mass is 79.9. The molecule has 23 heavy (non-hydrogen) atoms. The third-order valence-corrected chi connectivity index (χ3v) is 4.70. The van der Waals surface area contributed by atoms with Crippen molar-refractivity contribution in [3.05, 3.63) is 56.0 Å². The van der Waals surface area contributed by atoms with Gasteiger partial charge in [-0.25, -0.2) is 4.99 Å². The number of rotatable bonds is 1. The summed E-state index contributed by atoms with van der Waals surface area (Å²) < 4.78 is 0.787. The average molecular weight is 410 g/mol. The molecule has 3 aromatic rings. The van der Waals surface area contributed by atoms with E-state index in [9.17, 15) is 9.90 Å². The van der Waals surface area contributed by atoms with Gasteiger partial charge < -0.3 is 10.1 Å². The monoisotopic (exact) mass is 408 g/mol. The molecule has 0 saturated heterocycles. The minimum absolute atomic E-state index is 0.164. The van der Waals surface area contributed by atoms with Gasteiger partial charge in [-0.1, -0.05) is 39.1 Å². The van der Waals surface area contributed by atoms with E-state index >= 15 is 0 Å². The molecule has 114 valence electrons. The number of aliphatic imine (C=N–C) groups is 1. The number of hydrogen-bond donors (Lipinski definition) is 2. The number of halogens is 3. The van der Waals surface area contributed by atoms with Gasteiger partial charge in [0, 0.05) is 14.9 Å². The van der Waals surface area contributed by atoms with Gasteiger partial charge in [0.1, 0.15) is 5.71 Å². The molecule has 1 aromatic heterocycles. The van der Waals surface area contributed by atoms with Crippen LogP contribution in [-0.4, -0.2) is 21.6 Å². The number of aromatic amines is 1. The quantitative estimate of drug-likeness (QED) is 0.575. The van der Waals surface area contributed by atoms with Crippen LogP contribution in [0.5, 0.6) is 5.88 Å². The molecule has 0 saturated carbocycles. The van der Waals surface area contributed by atoms with Crippen LogP contribution in [0.3, 0.4) is 0 Å². The average Bonchev–Trinajstić information content (AvgIpc) is 2.97. The number of carbonyl (C=O) groups excluding carboxylic acids is 1. The number of Topliss-reactive ketones (excluding diaryl/α,β-unsaturated/α-hetero) is 1. The summed E-state index contributed by atoms with van der Waals surface area (Å²) in [6.07, 6.45) is 0. The molecule has 2 aromatic carbocycles. The Morgan fingerprint density at radius 2 is 1.96 bits per heavy atom. The molecule has 2 heterocycles. The van der Waals surface area contributed by atoms with Gasteiger partial charge in [-0.15, -0.1) is 0 Å². The van der Waals surface area contributed by atoms with Crippen molar-refractivity contribution < 1.29 is 9.90 Å². The lowest BCUT2D eigenvalue weighted by Crippen LogP contribution is -2.10. The summed E-state index contributed by atoms with van der Waals surface area (Å²) in [6, 6.07) is 8.47. The first-order valence-electron chi connectivity index (χ1n) is 6.58. The van der Waals surface area contributed by atoms with Crippen molar-refractivity contribution in [3.63, 3.8) is 0 Å². The molecule has 1 aliphatic rings. The van der Waals surface area contributed by atoms with Crippen molar-refractivity contribution in [3.8, 4) is 5.88 Å². The van der Waals surface area contributed by atoms with Gasteiger partial charge in [-0.2, -0.15) is 0 Å². The molecular formula is C16H7BrCl2N2O2. The number of fused-ring (bicyclic) bond motifs is 2. The van der Waals surface area contributed by atoms with E-state index in [0.717, 1.165) is 4.47 Å². The lowest BCUT2D eigenvalue weighted by molar-refractivity contribution is 0.107. The molecule has 0 atom stereocenters. The third-order valence-electron chi connectivity index (χ3n) is 3.69. The van der Waals surface area contributed by atoms with E-state index in [1.807, 2.05) is 0 Å². The normalized spacial score (nSPS) is 13.5. The number of benzene rings is 2. The number of nitrogens with zero attached hydrogens (tertiary/aromatic N) is 1. The first-order valence-corrected chi connectivity index (χ1v) is 8.13. The van der Waals surface area contributed by atoms with E-state index in [2.05, 4.69) is 25.9 Å². The summed E-state index contributed by atoms with van der Waals surface area (Å²) in [6.45, 7) is 0. The maximum atomic E-state index is 12.7. The first-order chi connectivity index (χ1) is 11.0. The fourth-order valence-electron chi connectivity index (χ4n) is 2.70. The maximum Gasteiger partial charge on any atom is 0.214 e. The van der Waals surface area contributed by atoms with Crippen molar-refractivity contribution in [1.29, 1.82) is 0 Å². The van der Waals surface area contributed by atoms with Gasteiger partial charge in [0.05, 0.1) is 27.4 Å². The highest BCUT2D eigenvalue weighted by Crippen LogP contribution is 2.39. The van der Waals surface area contributed by atoms with Crippen LogP contribution in [0.1, 0.15) is 15.9 Å². The van der Waals surface area contributed by atoms with E-state index in [1.54, 1.807) is 30.3 Å². The van der Waals surface area contributed by atoms with Crippen molar-refractivity contribution in [2.24, 2.45) is 4.99 Å². The number of ketones is 1. The molecule has 0 unspecified atom stereocenters. The molecule has 0 aliphatic carbocycles. The molecule has 4 nitrogen and oxygen atoms in total. The largest absolute Gasteiger partial charge is 0.494 e. The molecule has 0 amide bonds. The van der Waals surface area contributed by atoms with Gasteiger partial charge in [-0.05, 0) is 30.3 Å². The van der Waals surface area contributed by atoms with Crippen LogP contribution in [0.4, 0.5) is 5.69 Å². The number of carbonyl (C=O) groups is 1. The Labute approximate surface area is 148 Å². The van der Waals surface area contributed by atoms with Crippen LogP contribution in [0.25, 0.3) is 10.9 Å². The van der Waals surface area contributed by atoms with Crippen LogP contribution in [-0.2, 0) is 0 Å². The summed E-state index contributed by atoms with van der Waals surface area (Å²) in [4.78, 5) is 19.8. The zero-order chi connectivity index (χ0) is 16.3. The maximum absolute atomic E-state index is 12.7. The molecular weight excluding hydrogens is 403 g/mol. The van der Waals surface area contributed by atoms with Crippen LogP contribution >= 0.6 is 39.1 Å². The molecule has 1 aliphatic heterocycles. The topological polar surface area (TPSA) is 65.4 Å². The summed E-state index contributed by atoms with van der Waals surface area (Å²) in [7, 11) is 0. The van der Waals surface area contributed by atoms with Gasteiger partial charge in [0.2, 0.25) is 5.78 Å². The second-order valence-corrected chi connectivity index (χ2v) is 6.87. The first kappa shape index (κ1) is 14.8. The molecule has 0 fully saturated rings. The number of aromatic nitrogens is 1. The number of hydrogen-bond acceptors (Lipinski definition) is 3. The van der Waals surface area contributed by atoms with E-state index < -0.39 is 0 Å². The molecule has 4 rings (SSSR count). The van der Waals surface area contributed by atoms with Gasteiger partial charge >= 0.3 is 0 Å². The van der Waals surface area contributed by atoms with Crippen LogP contribution in [0.15, 0.2) is 39.8 Å². The zero-order valence-electron chi connectivity index (χ0n) is 11.3. The minimum atomic E-state index is -0.256. The van der Waals surface area contributed by atoms with E-state index in [1.165, 1.54) is 0 Å². The molecule has 7 heteroatoms. The highest BCUT2D eigenvalue weighted by molar-refractivity contribution is 9.10. The fraction of sp³-hybridized carbons (Fsp3) is 0. The summed E-state index contributed by atoms with van der Waals surface area (Å²) in [5.41, 5.74) is 2.03. The van der Waals surface area contributed by atoms with Gasteiger partial charge in [0.25, 0.3) is 0 Å². The molecule has 0 radical (unpaired) electrons. The summed E-state index contributed by atoms with van der Waals surface area (Å²) in [5, 5.41) is 11.6. The lowest BCUT2D eigenvalue weighted by atomic mass is 10.0. The third kappa shape index (κ3) is 2.19. The Balaban J connectivity index is 1.98. The van der Waals surface area contributed by atoms with Crippen LogP contribution in [0, 0.1) is 0 Å². The lowest BCUT2D eigenvalue weighted by Gasteiger charge is -2.00. The van der Waals surface area contributed by atoms with E-state index in [4.69, 9.17) is 23.2 Å². The Hall–Kier alpha value is -1.82. The van der Waals surface area contributed by atoms with Crippen molar-refractivity contribution in [1.82, 2.24) is 4.98 Å². The number of nitrogens with one attached hydrogen (secondary N) is 1. The molecule has 0 bridgehead atoms. The predicted octanol–water partition coefficient (Wildman–Crippen LogP) is 5.26. The Bertz CT molecular complexity index is 1040. The van der Waals surface area contributed by atoms with Crippen LogP contribution < -0.4 is 0 Å². The smallest absolute Gasteiger partial charge is 0.214 e. The predicted molar refractivity (Wildman–Crippen MR) is 94.7 cm³/mol. The van der Waals surface area contributed by atoms with Gasteiger partial charge in [0.15, 0.2) is 5.88 Å². The summed E-state index contributed by atoms with van der Waals surface area (Å²) >= 11 is 15.5. The second-order valence-electron chi connectivity index (χ2n) is 5.11. The van der Waals surface area contributed by atoms with Crippen molar-refractivity contribution in [2.75, 3.05) is 0 Å².